The van der Waals surface area contributed by atoms with Gasteiger partial charge in [-0.25, -0.2) is 4.39 Å². The standard InChI is InChI=1S/C25H24FN7O/c1-29-17-19(15-27-29)31-12-10-30(11-13-31)16-18-14-20-24(32-9-5-4-7-22(18)32)28-33(25(20)34)23-8-3-2-6-21(23)26/h2-9,14-15,17H,10-13,16H2,1H3. The average molecular weight is 458 g/mol. The van der Waals surface area contributed by atoms with Gasteiger partial charge in [0.25, 0.3) is 5.56 Å². The Hall–Kier alpha value is -3.98. The van der Waals surface area contributed by atoms with Crippen molar-refractivity contribution in [3.8, 4) is 17.1 Å². The first-order valence-corrected chi connectivity index (χ1v) is 11.3. The number of piperazine rings is 1. The molecule has 3 aliphatic rings. The Labute approximate surface area is 195 Å². The maximum absolute atomic E-state index is 14.4. The number of nitrogens with zero attached hydrogens (tertiary/aromatic N) is 7. The second kappa shape index (κ2) is 8.11. The van der Waals surface area contributed by atoms with Gasteiger partial charge in [0, 0.05) is 52.2 Å². The highest BCUT2D eigenvalue weighted by molar-refractivity contribution is 5.69. The molecule has 1 aromatic carbocycles. The monoisotopic (exact) mass is 457 g/mol. The molecule has 0 unspecified atom stereocenters. The molecule has 0 bridgehead atoms. The molecule has 0 radical (unpaired) electrons. The minimum absolute atomic E-state index is 0.154. The Morgan fingerprint density at radius 1 is 1.03 bits per heavy atom. The minimum Gasteiger partial charge on any atom is -0.366 e. The smallest absolute Gasteiger partial charge is 0.282 e. The molecule has 0 saturated carbocycles. The summed E-state index contributed by atoms with van der Waals surface area (Å²) in [5.74, 6) is 0.0439. The molecule has 1 fully saturated rings. The van der Waals surface area contributed by atoms with Crippen molar-refractivity contribution < 1.29 is 4.39 Å². The number of aromatic nitrogens is 5. The van der Waals surface area contributed by atoms with E-state index in [1.165, 1.54) is 6.07 Å². The number of anilines is 1. The van der Waals surface area contributed by atoms with Crippen molar-refractivity contribution in [1.82, 2.24) is 28.9 Å². The van der Waals surface area contributed by atoms with Crippen molar-refractivity contribution in [3.05, 3.63) is 88.9 Å². The Balaban J connectivity index is 1.35. The molecule has 172 valence electrons. The largest absolute Gasteiger partial charge is 0.366 e. The third-order valence-electron chi connectivity index (χ3n) is 6.50. The average Bonchev–Trinajstić information content (AvgIpc) is 3.44. The van der Waals surface area contributed by atoms with Gasteiger partial charge in [-0.15, -0.1) is 5.10 Å². The molecule has 5 heterocycles. The van der Waals surface area contributed by atoms with Crippen molar-refractivity contribution in [2.24, 2.45) is 7.05 Å². The van der Waals surface area contributed by atoms with Crippen LogP contribution in [0.5, 0.6) is 0 Å². The van der Waals surface area contributed by atoms with E-state index in [0.717, 1.165) is 47.6 Å². The molecular formula is C25H24FN7O. The van der Waals surface area contributed by atoms with E-state index in [1.54, 1.807) is 18.2 Å². The molecule has 3 aliphatic heterocycles. The van der Waals surface area contributed by atoms with Crippen LogP contribution in [0.4, 0.5) is 10.1 Å². The lowest BCUT2D eigenvalue weighted by molar-refractivity contribution is 0.250. The number of hydrogen-bond acceptors (Lipinski definition) is 5. The van der Waals surface area contributed by atoms with Crippen molar-refractivity contribution in [2.45, 2.75) is 6.54 Å². The predicted molar refractivity (Wildman–Crippen MR) is 128 cm³/mol. The molecule has 9 heteroatoms. The molecular weight excluding hydrogens is 433 g/mol. The van der Waals surface area contributed by atoms with Gasteiger partial charge < -0.3 is 4.90 Å². The summed E-state index contributed by atoms with van der Waals surface area (Å²) >= 11 is 0. The lowest BCUT2D eigenvalue weighted by Crippen LogP contribution is -2.45. The summed E-state index contributed by atoms with van der Waals surface area (Å²) in [6, 6.07) is 14.1. The minimum atomic E-state index is -0.478. The number of para-hydroxylation sites is 1. The molecule has 0 amide bonds. The van der Waals surface area contributed by atoms with Crippen LogP contribution in [0.25, 0.3) is 22.6 Å². The summed E-state index contributed by atoms with van der Waals surface area (Å²) in [4.78, 5) is 18.0. The maximum atomic E-state index is 14.4. The van der Waals surface area contributed by atoms with E-state index in [1.807, 2.05) is 59.0 Å². The van der Waals surface area contributed by atoms with Crippen LogP contribution >= 0.6 is 0 Å². The number of halogens is 1. The fourth-order valence-electron chi connectivity index (χ4n) is 4.74. The second-order valence-electron chi connectivity index (χ2n) is 8.67. The van der Waals surface area contributed by atoms with Crippen molar-refractivity contribution in [2.75, 3.05) is 31.1 Å². The van der Waals surface area contributed by atoms with Crippen LogP contribution in [0.2, 0.25) is 0 Å². The zero-order valence-electron chi connectivity index (χ0n) is 18.8. The molecule has 2 aromatic heterocycles. The van der Waals surface area contributed by atoms with E-state index in [2.05, 4.69) is 20.0 Å². The first-order valence-electron chi connectivity index (χ1n) is 11.3. The Morgan fingerprint density at radius 3 is 2.59 bits per heavy atom. The fourth-order valence-corrected chi connectivity index (χ4v) is 4.74. The molecule has 6 rings (SSSR count). The Morgan fingerprint density at radius 2 is 1.82 bits per heavy atom. The highest BCUT2D eigenvalue weighted by Crippen LogP contribution is 2.26. The number of rotatable bonds is 4. The quantitative estimate of drug-likeness (QED) is 0.415. The highest BCUT2D eigenvalue weighted by Gasteiger charge is 2.24. The van der Waals surface area contributed by atoms with Crippen LogP contribution in [0.15, 0.2) is 71.9 Å². The molecule has 3 aromatic rings. The van der Waals surface area contributed by atoms with Crippen LogP contribution in [-0.2, 0) is 13.6 Å². The molecule has 0 aliphatic carbocycles. The van der Waals surface area contributed by atoms with Crippen LogP contribution in [0.1, 0.15) is 5.56 Å². The number of benzene rings is 1. The van der Waals surface area contributed by atoms with Gasteiger partial charge in [0.2, 0.25) is 0 Å². The van der Waals surface area contributed by atoms with Gasteiger partial charge in [-0.1, -0.05) is 18.2 Å². The first-order chi connectivity index (χ1) is 16.6. The van der Waals surface area contributed by atoms with E-state index in [4.69, 9.17) is 0 Å². The number of fused-ring (bicyclic) bond motifs is 3. The van der Waals surface area contributed by atoms with E-state index < -0.39 is 5.82 Å². The molecule has 1 saturated heterocycles. The summed E-state index contributed by atoms with van der Waals surface area (Å²) in [5, 5.41) is 8.78. The van der Waals surface area contributed by atoms with E-state index in [-0.39, 0.29) is 11.2 Å². The summed E-state index contributed by atoms with van der Waals surface area (Å²) in [6.07, 6.45) is 5.84. The van der Waals surface area contributed by atoms with E-state index in [9.17, 15) is 9.18 Å². The summed E-state index contributed by atoms with van der Waals surface area (Å²) in [5.41, 5.74) is 3.50. The van der Waals surface area contributed by atoms with Crippen LogP contribution < -0.4 is 10.5 Å². The van der Waals surface area contributed by atoms with Gasteiger partial charge in [0.15, 0.2) is 5.82 Å². The Bertz CT molecular complexity index is 1510. The molecule has 0 spiro atoms. The zero-order valence-corrected chi connectivity index (χ0v) is 18.8. The summed E-state index contributed by atoms with van der Waals surface area (Å²) in [7, 11) is 1.93. The van der Waals surface area contributed by atoms with Crippen molar-refractivity contribution in [3.63, 3.8) is 0 Å². The SMILES string of the molecule is Cn1cc(N2CCN(Cc3cc4c(=O)n(-c5ccccc5F)nc-4n4ccccc34)CC2)cn1. The molecule has 34 heavy (non-hydrogen) atoms. The first kappa shape index (κ1) is 20.6. The van der Waals surface area contributed by atoms with Crippen LogP contribution in [0, 0.1) is 5.82 Å². The van der Waals surface area contributed by atoms with Crippen LogP contribution in [-0.4, -0.2) is 55.0 Å². The van der Waals surface area contributed by atoms with Gasteiger partial charge in [0.1, 0.15) is 11.5 Å². The summed E-state index contributed by atoms with van der Waals surface area (Å²) in [6.45, 7) is 4.36. The molecule has 8 nitrogen and oxygen atoms in total. The third-order valence-corrected chi connectivity index (χ3v) is 6.50. The van der Waals surface area contributed by atoms with Gasteiger partial charge in [-0.05, 0) is 35.9 Å². The topological polar surface area (TPSA) is 63.6 Å². The van der Waals surface area contributed by atoms with Gasteiger partial charge >= 0.3 is 0 Å². The molecule has 0 N–H and O–H groups in total. The number of hydrogen-bond donors (Lipinski definition) is 0. The summed E-state index contributed by atoms with van der Waals surface area (Å²) < 4.78 is 19.3. The van der Waals surface area contributed by atoms with E-state index in [0.29, 0.717) is 17.9 Å². The van der Waals surface area contributed by atoms with Crippen molar-refractivity contribution >= 4 is 11.2 Å². The number of pyridine rings is 2. The molecule has 0 atom stereocenters. The second-order valence-corrected chi connectivity index (χ2v) is 8.67. The normalized spacial score (nSPS) is 14.9. The van der Waals surface area contributed by atoms with Crippen LogP contribution in [0.3, 0.4) is 0 Å². The van der Waals surface area contributed by atoms with Crippen molar-refractivity contribution in [1.29, 1.82) is 0 Å². The van der Waals surface area contributed by atoms with E-state index >= 15 is 0 Å². The Kier molecular flexibility index (Phi) is 4.91. The number of aryl methyl sites for hydroxylation is 1. The zero-order chi connectivity index (χ0) is 23.2. The maximum Gasteiger partial charge on any atom is 0.282 e. The van der Waals surface area contributed by atoms with Gasteiger partial charge in [-0.3, -0.25) is 18.8 Å². The van der Waals surface area contributed by atoms with Gasteiger partial charge in [-0.2, -0.15) is 9.78 Å². The lowest BCUT2D eigenvalue weighted by Gasteiger charge is -2.35. The highest BCUT2D eigenvalue weighted by atomic mass is 19.1. The van der Waals surface area contributed by atoms with Gasteiger partial charge in [0.05, 0.1) is 23.0 Å². The lowest BCUT2D eigenvalue weighted by atomic mass is 10.1. The fraction of sp³-hybridized carbons (Fsp3) is 0.240. The predicted octanol–water partition coefficient (Wildman–Crippen LogP) is 2.78. The third kappa shape index (κ3) is 3.45.